The van der Waals surface area contributed by atoms with Gasteiger partial charge in [0.2, 0.25) is 5.95 Å². The monoisotopic (exact) mass is 165 g/mol. The summed E-state index contributed by atoms with van der Waals surface area (Å²) in [6, 6.07) is 0. The SMILES string of the molecule is Cc1nc(N)nc2c1CCOC2. The Labute approximate surface area is 70.8 Å². The lowest BCUT2D eigenvalue weighted by Crippen LogP contribution is -2.15. The topological polar surface area (TPSA) is 61.0 Å². The van der Waals surface area contributed by atoms with Gasteiger partial charge in [-0.05, 0) is 18.9 Å². The van der Waals surface area contributed by atoms with Gasteiger partial charge in [0, 0.05) is 5.69 Å². The Morgan fingerprint density at radius 1 is 1.42 bits per heavy atom. The number of hydrogen-bond donors (Lipinski definition) is 1. The van der Waals surface area contributed by atoms with Crippen LogP contribution in [-0.4, -0.2) is 16.6 Å². The standard InChI is InChI=1S/C8H11N3O/c1-5-6-2-3-12-4-7(6)11-8(9)10-5/h2-4H2,1H3,(H2,9,10,11). The van der Waals surface area contributed by atoms with Gasteiger partial charge in [-0.1, -0.05) is 0 Å². The number of aromatic nitrogens is 2. The summed E-state index contributed by atoms with van der Waals surface area (Å²) >= 11 is 0. The highest BCUT2D eigenvalue weighted by Gasteiger charge is 2.14. The maximum absolute atomic E-state index is 5.50. The number of nitrogen functional groups attached to an aromatic ring is 1. The van der Waals surface area contributed by atoms with Crippen LogP contribution in [0.3, 0.4) is 0 Å². The first kappa shape index (κ1) is 7.49. The van der Waals surface area contributed by atoms with Crippen LogP contribution in [-0.2, 0) is 17.8 Å². The molecule has 0 aliphatic carbocycles. The Kier molecular flexibility index (Phi) is 1.69. The second kappa shape index (κ2) is 2.71. The molecule has 0 unspecified atom stereocenters. The number of nitrogens with two attached hydrogens (primary N) is 1. The molecule has 2 rings (SSSR count). The number of hydrogen-bond acceptors (Lipinski definition) is 4. The third-order valence-electron chi connectivity index (χ3n) is 2.05. The van der Waals surface area contributed by atoms with E-state index in [0.717, 1.165) is 24.4 Å². The molecule has 0 aromatic carbocycles. The lowest BCUT2D eigenvalue weighted by molar-refractivity contribution is 0.107. The van der Waals surface area contributed by atoms with Gasteiger partial charge in [-0.25, -0.2) is 9.97 Å². The van der Waals surface area contributed by atoms with E-state index in [1.165, 1.54) is 5.56 Å². The summed E-state index contributed by atoms with van der Waals surface area (Å²) in [5, 5.41) is 0. The summed E-state index contributed by atoms with van der Waals surface area (Å²) in [5.74, 6) is 0.344. The molecule has 1 aromatic rings. The van der Waals surface area contributed by atoms with Crippen molar-refractivity contribution in [3.05, 3.63) is 17.0 Å². The van der Waals surface area contributed by atoms with Gasteiger partial charge >= 0.3 is 0 Å². The maximum Gasteiger partial charge on any atom is 0.220 e. The third kappa shape index (κ3) is 1.14. The van der Waals surface area contributed by atoms with Crippen LogP contribution in [0, 0.1) is 6.92 Å². The van der Waals surface area contributed by atoms with Crippen molar-refractivity contribution >= 4 is 5.95 Å². The van der Waals surface area contributed by atoms with Crippen LogP contribution >= 0.6 is 0 Å². The quantitative estimate of drug-likeness (QED) is 0.606. The first-order valence-corrected chi connectivity index (χ1v) is 3.97. The number of nitrogens with zero attached hydrogens (tertiary/aromatic N) is 2. The molecule has 0 amide bonds. The summed E-state index contributed by atoms with van der Waals surface area (Å²) in [6.07, 6.45) is 0.904. The molecule has 2 N–H and O–H groups in total. The molecule has 0 atom stereocenters. The minimum Gasteiger partial charge on any atom is -0.375 e. The van der Waals surface area contributed by atoms with Crippen molar-refractivity contribution in [1.29, 1.82) is 0 Å². The lowest BCUT2D eigenvalue weighted by Gasteiger charge is -2.16. The fraction of sp³-hybridized carbons (Fsp3) is 0.500. The lowest BCUT2D eigenvalue weighted by atomic mass is 10.1. The summed E-state index contributed by atoms with van der Waals surface area (Å²) < 4.78 is 5.26. The van der Waals surface area contributed by atoms with Crippen LogP contribution in [0.25, 0.3) is 0 Å². The van der Waals surface area contributed by atoms with Crippen LogP contribution in [0.15, 0.2) is 0 Å². The molecular formula is C8H11N3O. The number of aryl methyl sites for hydroxylation is 1. The molecule has 2 heterocycles. The number of fused-ring (bicyclic) bond motifs is 1. The predicted octanol–water partition coefficient (Wildman–Crippen LogP) is 0.440. The van der Waals surface area contributed by atoms with Crippen molar-refractivity contribution in [2.45, 2.75) is 20.0 Å². The Balaban J connectivity index is 2.53. The molecule has 4 heteroatoms. The van der Waals surface area contributed by atoms with Gasteiger partial charge in [0.15, 0.2) is 0 Å². The largest absolute Gasteiger partial charge is 0.375 e. The molecule has 12 heavy (non-hydrogen) atoms. The zero-order valence-electron chi connectivity index (χ0n) is 7.00. The minimum atomic E-state index is 0.344. The molecule has 4 nitrogen and oxygen atoms in total. The van der Waals surface area contributed by atoms with Gasteiger partial charge in [0.25, 0.3) is 0 Å². The summed E-state index contributed by atoms with van der Waals surface area (Å²) in [7, 11) is 0. The zero-order valence-corrected chi connectivity index (χ0v) is 7.00. The van der Waals surface area contributed by atoms with Crippen molar-refractivity contribution in [2.75, 3.05) is 12.3 Å². The van der Waals surface area contributed by atoms with Gasteiger partial charge in [-0.2, -0.15) is 0 Å². The Morgan fingerprint density at radius 3 is 3.08 bits per heavy atom. The second-order valence-electron chi connectivity index (χ2n) is 2.90. The predicted molar refractivity (Wildman–Crippen MR) is 44.5 cm³/mol. The minimum absolute atomic E-state index is 0.344. The van der Waals surface area contributed by atoms with E-state index in [2.05, 4.69) is 9.97 Å². The number of anilines is 1. The van der Waals surface area contributed by atoms with E-state index in [9.17, 15) is 0 Å². The van der Waals surface area contributed by atoms with Crippen LogP contribution in [0.1, 0.15) is 17.0 Å². The van der Waals surface area contributed by atoms with E-state index in [-0.39, 0.29) is 0 Å². The highest BCUT2D eigenvalue weighted by molar-refractivity contribution is 5.31. The van der Waals surface area contributed by atoms with Gasteiger partial charge in [-0.3, -0.25) is 0 Å². The molecule has 0 fully saturated rings. The van der Waals surface area contributed by atoms with E-state index in [1.54, 1.807) is 0 Å². The van der Waals surface area contributed by atoms with Crippen LogP contribution in [0.4, 0.5) is 5.95 Å². The highest BCUT2D eigenvalue weighted by atomic mass is 16.5. The highest BCUT2D eigenvalue weighted by Crippen LogP contribution is 2.17. The molecule has 1 aromatic heterocycles. The molecule has 0 spiro atoms. The van der Waals surface area contributed by atoms with Crippen molar-refractivity contribution in [3.63, 3.8) is 0 Å². The number of ether oxygens (including phenoxy) is 1. The average molecular weight is 165 g/mol. The average Bonchev–Trinajstić information content (AvgIpc) is 2.04. The maximum atomic E-state index is 5.50. The Morgan fingerprint density at radius 2 is 2.25 bits per heavy atom. The molecular weight excluding hydrogens is 154 g/mol. The van der Waals surface area contributed by atoms with Gasteiger partial charge in [0.05, 0.1) is 18.9 Å². The smallest absolute Gasteiger partial charge is 0.220 e. The van der Waals surface area contributed by atoms with Crippen molar-refractivity contribution in [1.82, 2.24) is 9.97 Å². The van der Waals surface area contributed by atoms with E-state index in [4.69, 9.17) is 10.5 Å². The Bertz CT molecular complexity index is 311. The normalized spacial score (nSPS) is 15.8. The molecule has 0 radical (unpaired) electrons. The Hall–Kier alpha value is -1.16. The van der Waals surface area contributed by atoms with E-state index in [0.29, 0.717) is 12.6 Å². The van der Waals surface area contributed by atoms with Crippen molar-refractivity contribution in [3.8, 4) is 0 Å². The number of rotatable bonds is 0. The molecule has 1 aliphatic rings. The fourth-order valence-corrected chi connectivity index (χ4v) is 1.47. The van der Waals surface area contributed by atoms with Crippen LogP contribution in [0.2, 0.25) is 0 Å². The molecule has 0 saturated heterocycles. The first-order valence-electron chi connectivity index (χ1n) is 3.97. The molecule has 1 aliphatic heterocycles. The van der Waals surface area contributed by atoms with Crippen LogP contribution < -0.4 is 5.73 Å². The zero-order chi connectivity index (χ0) is 8.55. The van der Waals surface area contributed by atoms with Gasteiger partial charge in [-0.15, -0.1) is 0 Å². The van der Waals surface area contributed by atoms with Crippen molar-refractivity contribution < 1.29 is 4.74 Å². The summed E-state index contributed by atoms with van der Waals surface area (Å²) in [4.78, 5) is 8.21. The molecule has 0 saturated carbocycles. The van der Waals surface area contributed by atoms with E-state index < -0.39 is 0 Å². The van der Waals surface area contributed by atoms with Crippen molar-refractivity contribution in [2.24, 2.45) is 0 Å². The fourth-order valence-electron chi connectivity index (χ4n) is 1.47. The van der Waals surface area contributed by atoms with Crippen LogP contribution in [0.5, 0.6) is 0 Å². The summed E-state index contributed by atoms with van der Waals surface area (Å²) in [6.45, 7) is 3.30. The van der Waals surface area contributed by atoms with Gasteiger partial charge < -0.3 is 10.5 Å². The molecule has 64 valence electrons. The second-order valence-corrected chi connectivity index (χ2v) is 2.90. The summed E-state index contributed by atoms with van der Waals surface area (Å²) in [5.41, 5.74) is 8.65. The third-order valence-corrected chi connectivity index (χ3v) is 2.05. The van der Waals surface area contributed by atoms with Gasteiger partial charge in [0.1, 0.15) is 0 Å². The molecule has 0 bridgehead atoms. The first-order chi connectivity index (χ1) is 5.77. The van der Waals surface area contributed by atoms with E-state index >= 15 is 0 Å². The van der Waals surface area contributed by atoms with E-state index in [1.807, 2.05) is 6.92 Å².